The first-order valence-electron chi connectivity index (χ1n) is 11.0. The highest BCUT2D eigenvalue weighted by atomic mass is 16.7. The normalized spacial score (nSPS) is 28.4. The van der Waals surface area contributed by atoms with Crippen molar-refractivity contribution in [2.24, 2.45) is 5.92 Å². The Morgan fingerprint density at radius 1 is 1.20 bits per heavy atom. The van der Waals surface area contributed by atoms with Crippen molar-refractivity contribution in [3.8, 4) is 0 Å². The molecule has 0 bridgehead atoms. The van der Waals surface area contributed by atoms with E-state index in [1.54, 1.807) is 0 Å². The van der Waals surface area contributed by atoms with Crippen LogP contribution in [0.5, 0.6) is 0 Å². The monoisotopic (exact) mass is 420 g/mol. The standard InChI is InChI=1S/C22H32N2O6/c25-20(13-23-30-16-8-4-5-9-16)18(12-15-6-2-1-3-7-15)24(22(26)27)19-14-29-21-17(19)10-11-28-21/h1-3,6-7,16-21,23,25H,4-5,8-14H2,(H,26,27)/t17?,18-,19?,20-,21?/m0/s1. The number of ether oxygens (including phenoxy) is 2. The molecule has 2 aliphatic heterocycles. The number of nitrogens with zero attached hydrogens (tertiary/aromatic N) is 1. The number of hydrogen-bond acceptors (Lipinski definition) is 6. The number of aliphatic hydroxyl groups is 1. The third-order valence-corrected chi connectivity index (χ3v) is 6.52. The van der Waals surface area contributed by atoms with Crippen LogP contribution in [0.25, 0.3) is 0 Å². The summed E-state index contributed by atoms with van der Waals surface area (Å²) in [5, 5.41) is 21.2. The Morgan fingerprint density at radius 3 is 2.70 bits per heavy atom. The average molecular weight is 421 g/mol. The second-order valence-corrected chi connectivity index (χ2v) is 8.48. The van der Waals surface area contributed by atoms with Gasteiger partial charge in [-0.3, -0.25) is 9.74 Å². The second-order valence-electron chi connectivity index (χ2n) is 8.48. The van der Waals surface area contributed by atoms with Crippen LogP contribution in [0.15, 0.2) is 30.3 Å². The van der Waals surface area contributed by atoms with Crippen LogP contribution in [-0.4, -0.2) is 71.5 Å². The summed E-state index contributed by atoms with van der Waals surface area (Å²) in [5.74, 6) is -0.00530. The molecule has 3 aliphatic rings. The predicted octanol–water partition coefficient (Wildman–Crippen LogP) is 2.16. The van der Waals surface area contributed by atoms with E-state index in [9.17, 15) is 15.0 Å². The fraction of sp³-hybridized carbons (Fsp3) is 0.682. The van der Waals surface area contributed by atoms with Crippen molar-refractivity contribution < 1.29 is 29.3 Å². The lowest BCUT2D eigenvalue weighted by atomic mass is 9.93. The lowest BCUT2D eigenvalue weighted by Gasteiger charge is -2.38. The third-order valence-electron chi connectivity index (χ3n) is 6.52. The maximum absolute atomic E-state index is 12.4. The van der Waals surface area contributed by atoms with Crippen molar-refractivity contribution in [1.29, 1.82) is 0 Å². The smallest absolute Gasteiger partial charge is 0.407 e. The summed E-state index contributed by atoms with van der Waals surface area (Å²) in [4.78, 5) is 19.4. The molecule has 1 aromatic carbocycles. The largest absolute Gasteiger partial charge is 0.465 e. The molecule has 8 heteroatoms. The van der Waals surface area contributed by atoms with Crippen LogP contribution in [0, 0.1) is 5.92 Å². The van der Waals surface area contributed by atoms with Crippen molar-refractivity contribution in [2.45, 2.75) is 69.1 Å². The number of hydroxylamine groups is 1. The van der Waals surface area contributed by atoms with Crippen LogP contribution in [0.4, 0.5) is 4.79 Å². The Morgan fingerprint density at radius 2 is 1.97 bits per heavy atom. The molecule has 1 aromatic rings. The summed E-state index contributed by atoms with van der Waals surface area (Å²) in [5.41, 5.74) is 3.87. The highest BCUT2D eigenvalue weighted by Crippen LogP contribution is 2.36. The molecule has 0 spiro atoms. The Hall–Kier alpha value is -1.71. The highest BCUT2D eigenvalue weighted by Gasteiger charge is 2.48. The van der Waals surface area contributed by atoms with E-state index in [4.69, 9.17) is 14.3 Å². The molecule has 30 heavy (non-hydrogen) atoms. The van der Waals surface area contributed by atoms with Gasteiger partial charge in [0.2, 0.25) is 0 Å². The lowest BCUT2D eigenvalue weighted by molar-refractivity contribution is -0.0907. The minimum Gasteiger partial charge on any atom is -0.465 e. The van der Waals surface area contributed by atoms with Gasteiger partial charge < -0.3 is 19.7 Å². The molecule has 2 heterocycles. The third kappa shape index (κ3) is 4.95. The number of hydrogen-bond donors (Lipinski definition) is 3. The van der Waals surface area contributed by atoms with E-state index in [2.05, 4.69) is 5.48 Å². The van der Waals surface area contributed by atoms with Gasteiger partial charge in [-0.25, -0.2) is 4.79 Å². The molecule has 5 atom stereocenters. The van der Waals surface area contributed by atoms with Gasteiger partial charge >= 0.3 is 6.09 Å². The van der Waals surface area contributed by atoms with Gasteiger partial charge in [0.25, 0.3) is 0 Å². The number of aliphatic hydroxyl groups excluding tert-OH is 1. The van der Waals surface area contributed by atoms with Crippen molar-refractivity contribution in [3.63, 3.8) is 0 Å². The van der Waals surface area contributed by atoms with Gasteiger partial charge in [0.1, 0.15) is 0 Å². The molecular formula is C22H32N2O6. The van der Waals surface area contributed by atoms with Gasteiger partial charge in [-0.1, -0.05) is 43.2 Å². The summed E-state index contributed by atoms with van der Waals surface area (Å²) >= 11 is 0. The Bertz CT molecular complexity index is 683. The Labute approximate surface area is 177 Å². The average Bonchev–Trinajstić information content (AvgIpc) is 3.47. The van der Waals surface area contributed by atoms with Gasteiger partial charge in [0.05, 0.1) is 37.5 Å². The molecule has 1 saturated carbocycles. The summed E-state index contributed by atoms with van der Waals surface area (Å²) in [6.45, 7) is 1.02. The van der Waals surface area contributed by atoms with E-state index in [-0.39, 0.29) is 37.5 Å². The fourth-order valence-electron chi connectivity index (χ4n) is 4.93. The van der Waals surface area contributed by atoms with Gasteiger partial charge in [0, 0.05) is 12.5 Å². The minimum atomic E-state index is -1.05. The number of carboxylic acid groups (broad SMARTS) is 1. The zero-order valence-electron chi connectivity index (χ0n) is 17.2. The molecule has 166 valence electrons. The van der Waals surface area contributed by atoms with Crippen molar-refractivity contribution >= 4 is 6.09 Å². The summed E-state index contributed by atoms with van der Waals surface area (Å²) in [6.07, 6.45) is 3.35. The first-order chi connectivity index (χ1) is 14.6. The number of nitrogens with one attached hydrogen (secondary N) is 1. The van der Waals surface area contributed by atoms with Crippen molar-refractivity contribution in [2.75, 3.05) is 19.8 Å². The highest BCUT2D eigenvalue weighted by molar-refractivity contribution is 5.66. The maximum Gasteiger partial charge on any atom is 0.407 e. The van der Waals surface area contributed by atoms with Gasteiger partial charge in [-0.05, 0) is 31.2 Å². The molecule has 3 unspecified atom stereocenters. The predicted molar refractivity (Wildman–Crippen MR) is 109 cm³/mol. The zero-order chi connectivity index (χ0) is 20.9. The molecule has 1 aliphatic carbocycles. The van der Waals surface area contributed by atoms with Crippen LogP contribution in [0.2, 0.25) is 0 Å². The van der Waals surface area contributed by atoms with Crippen LogP contribution < -0.4 is 5.48 Å². The molecule has 0 aromatic heterocycles. The summed E-state index contributed by atoms with van der Waals surface area (Å²) in [7, 11) is 0. The first kappa shape index (κ1) is 21.5. The fourth-order valence-corrected chi connectivity index (χ4v) is 4.93. The molecule has 1 amide bonds. The molecule has 2 saturated heterocycles. The molecule has 4 rings (SSSR count). The van der Waals surface area contributed by atoms with E-state index in [1.807, 2.05) is 30.3 Å². The maximum atomic E-state index is 12.4. The molecular weight excluding hydrogens is 388 g/mol. The Balaban J connectivity index is 1.49. The van der Waals surface area contributed by atoms with Crippen LogP contribution >= 0.6 is 0 Å². The summed E-state index contributed by atoms with van der Waals surface area (Å²) in [6, 6.07) is 8.71. The number of carbonyl (C=O) groups is 1. The molecule has 3 fully saturated rings. The van der Waals surface area contributed by atoms with Crippen LogP contribution in [0.1, 0.15) is 37.7 Å². The number of benzene rings is 1. The SMILES string of the molecule is O=C(O)N(C1COC2OCCC21)[C@@H](Cc1ccccc1)[C@@H](O)CNOC1CCCC1. The summed E-state index contributed by atoms with van der Waals surface area (Å²) < 4.78 is 11.3. The molecule has 8 nitrogen and oxygen atoms in total. The van der Waals surface area contributed by atoms with E-state index >= 15 is 0 Å². The molecule has 3 N–H and O–H groups in total. The lowest BCUT2D eigenvalue weighted by Crippen LogP contribution is -2.57. The molecule has 0 radical (unpaired) electrons. The van der Waals surface area contributed by atoms with Crippen molar-refractivity contribution in [3.05, 3.63) is 35.9 Å². The Kier molecular flexibility index (Phi) is 7.22. The van der Waals surface area contributed by atoms with Gasteiger partial charge in [-0.2, -0.15) is 5.48 Å². The van der Waals surface area contributed by atoms with Crippen LogP contribution in [0.3, 0.4) is 0 Å². The van der Waals surface area contributed by atoms with Crippen molar-refractivity contribution in [1.82, 2.24) is 10.4 Å². The first-order valence-corrected chi connectivity index (χ1v) is 11.0. The van der Waals surface area contributed by atoms with E-state index in [0.29, 0.717) is 13.0 Å². The minimum absolute atomic E-state index is 0.00530. The zero-order valence-corrected chi connectivity index (χ0v) is 17.2. The van der Waals surface area contributed by atoms with Crippen LogP contribution in [-0.2, 0) is 20.7 Å². The number of amides is 1. The topological polar surface area (TPSA) is 100 Å². The van der Waals surface area contributed by atoms with E-state index in [1.165, 1.54) is 4.90 Å². The van der Waals surface area contributed by atoms with E-state index < -0.39 is 18.2 Å². The van der Waals surface area contributed by atoms with E-state index in [0.717, 1.165) is 37.7 Å². The number of fused-ring (bicyclic) bond motifs is 1. The number of rotatable bonds is 9. The van der Waals surface area contributed by atoms with Gasteiger partial charge in [0.15, 0.2) is 6.29 Å². The van der Waals surface area contributed by atoms with Gasteiger partial charge in [-0.15, -0.1) is 0 Å². The quantitative estimate of drug-likeness (QED) is 0.527. The second kappa shape index (κ2) is 10.1.